The molecule has 2 aromatic carbocycles. The molecule has 0 aliphatic rings. The third-order valence-electron chi connectivity index (χ3n) is 3.35. The number of amides is 1. The number of aromatic amines is 1. The average molecular weight is 347 g/mol. The summed E-state index contributed by atoms with van der Waals surface area (Å²) in [5.74, 6) is -0.679. The fourth-order valence-corrected chi connectivity index (χ4v) is 2.70. The number of aromatic nitrogens is 1. The summed E-state index contributed by atoms with van der Waals surface area (Å²) >= 11 is 3.13. The highest BCUT2D eigenvalue weighted by Gasteiger charge is 2.13. The first-order chi connectivity index (χ1) is 10.1. The van der Waals surface area contributed by atoms with Crippen LogP contribution in [0.5, 0.6) is 0 Å². The van der Waals surface area contributed by atoms with Gasteiger partial charge in [-0.3, -0.25) is 4.79 Å². The summed E-state index contributed by atoms with van der Waals surface area (Å²) in [6.45, 7) is 1.81. The molecule has 0 bridgehead atoms. The summed E-state index contributed by atoms with van der Waals surface area (Å²) in [5.41, 5.74) is 2.55. The molecule has 1 heterocycles. The van der Waals surface area contributed by atoms with Gasteiger partial charge >= 0.3 is 0 Å². The number of aryl methyl sites for hydroxylation is 1. The summed E-state index contributed by atoms with van der Waals surface area (Å²) < 4.78 is 14.0. The van der Waals surface area contributed by atoms with Crippen molar-refractivity contribution in [2.75, 3.05) is 5.32 Å². The lowest BCUT2D eigenvalue weighted by Crippen LogP contribution is -2.13. The summed E-state index contributed by atoms with van der Waals surface area (Å²) in [5, 5.41) is 3.72. The van der Waals surface area contributed by atoms with Crippen LogP contribution < -0.4 is 5.32 Å². The summed E-state index contributed by atoms with van der Waals surface area (Å²) in [6.07, 6.45) is 1.78. The second-order valence-corrected chi connectivity index (χ2v) is 5.64. The zero-order valence-electron chi connectivity index (χ0n) is 11.2. The van der Waals surface area contributed by atoms with Crippen molar-refractivity contribution in [3.8, 4) is 0 Å². The van der Waals surface area contributed by atoms with Crippen molar-refractivity contribution in [2.24, 2.45) is 0 Å². The minimum atomic E-state index is -0.408. The monoisotopic (exact) mass is 346 g/mol. The number of nitrogens with one attached hydrogen (secondary N) is 2. The molecule has 2 N–H and O–H groups in total. The van der Waals surface area contributed by atoms with Gasteiger partial charge in [-0.2, -0.15) is 0 Å². The normalized spacial score (nSPS) is 10.8. The predicted octanol–water partition coefficient (Wildman–Crippen LogP) is 4.63. The Labute approximate surface area is 129 Å². The van der Waals surface area contributed by atoms with Crippen LogP contribution in [0.15, 0.2) is 47.1 Å². The first kappa shape index (κ1) is 13.8. The van der Waals surface area contributed by atoms with Crippen molar-refractivity contribution >= 4 is 38.4 Å². The number of H-pyrrole nitrogens is 1. The summed E-state index contributed by atoms with van der Waals surface area (Å²) in [7, 11) is 0. The van der Waals surface area contributed by atoms with E-state index in [1.54, 1.807) is 18.3 Å². The zero-order chi connectivity index (χ0) is 15.0. The van der Waals surface area contributed by atoms with Gasteiger partial charge in [0.2, 0.25) is 0 Å². The Kier molecular flexibility index (Phi) is 3.51. The average Bonchev–Trinajstić information content (AvgIpc) is 2.92. The molecule has 5 heteroatoms. The molecule has 3 aromatic rings. The SMILES string of the molecule is Cc1cc(Br)c(F)cc1NC(=O)c1cccc2cc[nH]c12. The number of rotatable bonds is 2. The highest BCUT2D eigenvalue weighted by atomic mass is 79.9. The lowest BCUT2D eigenvalue weighted by molar-refractivity contribution is 0.102. The van der Waals surface area contributed by atoms with E-state index in [1.807, 2.05) is 25.1 Å². The Morgan fingerprint density at radius 3 is 2.90 bits per heavy atom. The molecule has 0 spiro atoms. The van der Waals surface area contributed by atoms with Gasteiger partial charge in [0.25, 0.3) is 5.91 Å². The Morgan fingerprint density at radius 1 is 1.29 bits per heavy atom. The van der Waals surface area contributed by atoms with Gasteiger partial charge in [-0.1, -0.05) is 12.1 Å². The van der Waals surface area contributed by atoms with Crippen molar-refractivity contribution in [2.45, 2.75) is 6.92 Å². The van der Waals surface area contributed by atoms with Crippen LogP contribution in [-0.2, 0) is 0 Å². The van der Waals surface area contributed by atoms with Gasteiger partial charge in [-0.05, 0) is 52.7 Å². The Hall–Kier alpha value is -2.14. The summed E-state index contributed by atoms with van der Waals surface area (Å²) in [6, 6.07) is 10.3. The number of carbonyl (C=O) groups is 1. The molecule has 0 saturated heterocycles. The number of hydrogen-bond donors (Lipinski definition) is 2. The quantitative estimate of drug-likeness (QED) is 0.698. The second kappa shape index (κ2) is 5.33. The highest BCUT2D eigenvalue weighted by Crippen LogP contribution is 2.25. The molecule has 0 unspecified atom stereocenters. The number of para-hydroxylation sites is 1. The van der Waals surface area contributed by atoms with Crippen molar-refractivity contribution < 1.29 is 9.18 Å². The van der Waals surface area contributed by atoms with Gasteiger partial charge < -0.3 is 10.3 Å². The first-order valence-electron chi connectivity index (χ1n) is 6.39. The molecule has 1 amide bonds. The molecule has 0 fully saturated rings. The Balaban J connectivity index is 1.97. The van der Waals surface area contributed by atoms with Crippen LogP contribution in [-0.4, -0.2) is 10.9 Å². The fraction of sp³-hybridized carbons (Fsp3) is 0.0625. The van der Waals surface area contributed by atoms with E-state index < -0.39 is 5.82 Å². The number of carbonyl (C=O) groups excluding carboxylic acids is 1. The second-order valence-electron chi connectivity index (χ2n) is 4.78. The number of hydrogen-bond acceptors (Lipinski definition) is 1. The standard InChI is InChI=1S/C16H12BrFN2O/c1-9-7-12(17)13(18)8-14(9)20-16(21)11-4-2-3-10-5-6-19-15(10)11/h2-8,19H,1H3,(H,20,21). The molecule has 0 aliphatic heterocycles. The van der Waals surface area contributed by atoms with E-state index in [0.717, 1.165) is 16.5 Å². The van der Waals surface area contributed by atoms with Crippen molar-refractivity contribution in [1.82, 2.24) is 4.98 Å². The van der Waals surface area contributed by atoms with E-state index in [1.165, 1.54) is 6.07 Å². The molecule has 3 rings (SSSR count). The smallest absolute Gasteiger partial charge is 0.257 e. The van der Waals surface area contributed by atoms with E-state index >= 15 is 0 Å². The summed E-state index contributed by atoms with van der Waals surface area (Å²) in [4.78, 5) is 15.5. The third-order valence-corrected chi connectivity index (χ3v) is 3.96. The fourth-order valence-electron chi connectivity index (χ4n) is 2.24. The molecule has 0 saturated carbocycles. The third kappa shape index (κ3) is 2.56. The lowest BCUT2D eigenvalue weighted by atomic mass is 10.1. The van der Waals surface area contributed by atoms with E-state index in [2.05, 4.69) is 26.2 Å². The zero-order valence-corrected chi connectivity index (χ0v) is 12.8. The van der Waals surface area contributed by atoms with Crippen LogP contribution in [0.4, 0.5) is 10.1 Å². The maximum Gasteiger partial charge on any atom is 0.257 e. The van der Waals surface area contributed by atoms with Crippen molar-refractivity contribution in [3.05, 3.63) is 64.0 Å². The van der Waals surface area contributed by atoms with Crippen LogP contribution in [0.25, 0.3) is 10.9 Å². The largest absolute Gasteiger partial charge is 0.361 e. The van der Waals surface area contributed by atoms with Crippen LogP contribution in [0.1, 0.15) is 15.9 Å². The van der Waals surface area contributed by atoms with Crippen molar-refractivity contribution in [1.29, 1.82) is 0 Å². The van der Waals surface area contributed by atoms with E-state index in [0.29, 0.717) is 15.7 Å². The molecule has 1 aromatic heterocycles. The van der Waals surface area contributed by atoms with Gasteiger partial charge in [0.05, 0.1) is 15.6 Å². The van der Waals surface area contributed by atoms with Gasteiger partial charge in [0.1, 0.15) is 5.82 Å². The highest BCUT2D eigenvalue weighted by molar-refractivity contribution is 9.10. The predicted molar refractivity (Wildman–Crippen MR) is 85.1 cm³/mol. The first-order valence-corrected chi connectivity index (χ1v) is 7.18. The van der Waals surface area contributed by atoms with Gasteiger partial charge in [0.15, 0.2) is 0 Å². The van der Waals surface area contributed by atoms with E-state index in [-0.39, 0.29) is 5.91 Å². The maximum atomic E-state index is 13.6. The van der Waals surface area contributed by atoms with Crippen LogP contribution in [0.3, 0.4) is 0 Å². The van der Waals surface area contributed by atoms with E-state index in [9.17, 15) is 9.18 Å². The number of fused-ring (bicyclic) bond motifs is 1. The molecular weight excluding hydrogens is 335 g/mol. The van der Waals surface area contributed by atoms with Crippen LogP contribution in [0, 0.1) is 12.7 Å². The molecule has 0 radical (unpaired) electrons. The lowest BCUT2D eigenvalue weighted by Gasteiger charge is -2.10. The molecule has 3 nitrogen and oxygen atoms in total. The number of benzene rings is 2. The minimum absolute atomic E-state index is 0.270. The van der Waals surface area contributed by atoms with Crippen LogP contribution in [0.2, 0.25) is 0 Å². The molecule has 0 atom stereocenters. The Bertz CT molecular complexity index is 841. The van der Waals surface area contributed by atoms with Gasteiger partial charge in [-0.25, -0.2) is 4.39 Å². The van der Waals surface area contributed by atoms with Gasteiger partial charge in [-0.15, -0.1) is 0 Å². The molecule has 21 heavy (non-hydrogen) atoms. The molecular formula is C16H12BrFN2O. The minimum Gasteiger partial charge on any atom is -0.361 e. The van der Waals surface area contributed by atoms with Crippen molar-refractivity contribution in [3.63, 3.8) is 0 Å². The maximum absolute atomic E-state index is 13.6. The van der Waals surface area contributed by atoms with E-state index in [4.69, 9.17) is 0 Å². The van der Waals surface area contributed by atoms with Crippen LogP contribution >= 0.6 is 15.9 Å². The van der Waals surface area contributed by atoms with Gasteiger partial charge in [0, 0.05) is 17.3 Å². The Morgan fingerprint density at radius 2 is 2.10 bits per heavy atom. The molecule has 106 valence electrons. The topological polar surface area (TPSA) is 44.9 Å². The number of anilines is 1. The molecule has 0 aliphatic carbocycles. The number of halogens is 2.